The predicted molar refractivity (Wildman–Crippen MR) is 161 cm³/mol. The highest BCUT2D eigenvalue weighted by Gasteiger charge is 2.40. The highest BCUT2D eigenvalue weighted by molar-refractivity contribution is 9.10. The molecule has 0 saturated heterocycles. The van der Waals surface area contributed by atoms with Gasteiger partial charge in [-0.15, -0.1) is 0 Å². The largest absolute Gasteiger partial charge is 0.318 e. The van der Waals surface area contributed by atoms with E-state index in [1.54, 1.807) is 0 Å². The van der Waals surface area contributed by atoms with Crippen molar-refractivity contribution in [3.8, 4) is 0 Å². The Bertz CT molecular complexity index is 1460. The van der Waals surface area contributed by atoms with E-state index in [1.807, 2.05) is 67.6 Å². The van der Waals surface area contributed by atoms with Gasteiger partial charge in [-0.2, -0.15) is 0 Å². The molecule has 186 valence electrons. The predicted octanol–water partition coefficient (Wildman–Crippen LogP) is 10.4. The molecule has 3 nitrogen and oxygen atoms in total. The lowest BCUT2D eigenvalue weighted by Gasteiger charge is -2.35. The average Bonchev–Trinajstić information content (AvgIpc) is 3.20. The summed E-state index contributed by atoms with van der Waals surface area (Å²) in [5.41, 5.74) is 6.17. The monoisotopic (exact) mass is 609 g/mol. The zero-order valence-corrected chi connectivity index (χ0v) is 24.0. The number of benzene rings is 4. The van der Waals surface area contributed by atoms with E-state index in [4.69, 9.17) is 39.8 Å². The van der Waals surface area contributed by atoms with E-state index < -0.39 is 0 Å². The average molecular weight is 612 g/mol. The van der Waals surface area contributed by atoms with Gasteiger partial charge in [0, 0.05) is 36.5 Å². The van der Waals surface area contributed by atoms with E-state index in [9.17, 15) is 0 Å². The zero-order chi connectivity index (χ0) is 26.1. The molecule has 37 heavy (non-hydrogen) atoms. The summed E-state index contributed by atoms with van der Waals surface area (Å²) in [5, 5.41) is 2.06. The van der Waals surface area contributed by atoms with Crippen molar-refractivity contribution in [2.75, 3.05) is 4.90 Å². The van der Waals surface area contributed by atoms with E-state index in [0.717, 1.165) is 44.2 Å². The van der Waals surface area contributed by atoms with Gasteiger partial charge < -0.3 is 9.80 Å². The van der Waals surface area contributed by atoms with Crippen molar-refractivity contribution in [3.63, 3.8) is 0 Å². The van der Waals surface area contributed by atoms with Crippen molar-refractivity contribution < 1.29 is 0 Å². The Morgan fingerprint density at radius 2 is 1.24 bits per heavy atom. The summed E-state index contributed by atoms with van der Waals surface area (Å²) in [7, 11) is 0. The van der Waals surface area contributed by atoms with Crippen molar-refractivity contribution in [2.24, 2.45) is 4.99 Å². The molecule has 0 amide bonds. The Morgan fingerprint density at radius 1 is 0.730 bits per heavy atom. The third kappa shape index (κ3) is 5.44. The second-order valence-corrected chi connectivity index (χ2v) is 10.9. The molecule has 1 aliphatic rings. The van der Waals surface area contributed by atoms with Crippen LogP contribution in [0.2, 0.25) is 15.1 Å². The standard InChI is InChI=1S/C30H23BrCl3N3/c1-19-29(21-3-9-24(32)10-4-21)37(20(2)35-27-15-13-26(34)14-16-27)30(22-5-11-25(33)12-6-22)36(19)28-17-7-23(31)8-18-28/h3-18,30H,1-2H3. The van der Waals surface area contributed by atoms with Crippen molar-refractivity contribution in [3.05, 3.63) is 133 Å². The summed E-state index contributed by atoms with van der Waals surface area (Å²) >= 11 is 22.2. The molecule has 0 radical (unpaired) electrons. The minimum Gasteiger partial charge on any atom is -0.318 e. The van der Waals surface area contributed by atoms with Crippen LogP contribution >= 0.6 is 50.7 Å². The molecule has 5 rings (SSSR count). The van der Waals surface area contributed by atoms with Crippen LogP contribution in [0, 0.1) is 0 Å². The maximum Gasteiger partial charge on any atom is 0.138 e. The van der Waals surface area contributed by atoms with Gasteiger partial charge >= 0.3 is 0 Å². The van der Waals surface area contributed by atoms with Crippen LogP contribution in [0.25, 0.3) is 5.70 Å². The van der Waals surface area contributed by atoms with Gasteiger partial charge in [0.05, 0.1) is 11.4 Å². The molecule has 4 aromatic rings. The summed E-state index contributed by atoms with van der Waals surface area (Å²) in [5.74, 6) is 0.839. The Kier molecular flexibility index (Phi) is 7.64. The first-order valence-corrected chi connectivity index (χ1v) is 13.6. The molecule has 0 aliphatic carbocycles. The normalized spacial score (nSPS) is 16.1. The summed E-state index contributed by atoms with van der Waals surface area (Å²) in [6.45, 7) is 4.18. The molecule has 0 spiro atoms. The van der Waals surface area contributed by atoms with Gasteiger partial charge in [0.15, 0.2) is 0 Å². The molecule has 0 bridgehead atoms. The van der Waals surface area contributed by atoms with Gasteiger partial charge in [0.2, 0.25) is 0 Å². The van der Waals surface area contributed by atoms with E-state index in [0.29, 0.717) is 15.1 Å². The lowest BCUT2D eigenvalue weighted by atomic mass is 10.1. The van der Waals surface area contributed by atoms with Crippen molar-refractivity contribution in [1.82, 2.24) is 4.90 Å². The topological polar surface area (TPSA) is 18.8 Å². The van der Waals surface area contributed by atoms with Crippen LogP contribution in [-0.2, 0) is 0 Å². The third-order valence-electron chi connectivity index (χ3n) is 6.29. The first-order chi connectivity index (χ1) is 17.8. The fourth-order valence-corrected chi connectivity index (χ4v) is 5.27. The van der Waals surface area contributed by atoms with Crippen LogP contribution in [0.15, 0.2) is 112 Å². The van der Waals surface area contributed by atoms with Crippen molar-refractivity contribution >= 4 is 73.6 Å². The van der Waals surface area contributed by atoms with E-state index in [1.165, 1.54) is 0 Å². The lowest BCUT2D eigenvalue weighted by Crippen LogP contribution is -2.35. The van der Waals surface area contributed by atoms with Crippen LogP contribution in [-0.4, -0.2) is 10.7 Å². The van der Waals surface area contributed by atoms with Crippen LogP contribution in [0.4, 0.5) is 11.4 Å². The number of aliphatic imine (C=N–C) groups is 1. The van der Waals surface area contributed by atoms with E-state index >= 15 is 0 Å². The Balaban J connectivity index is 1.74. The number of nitrogens with zero attached hydrogens (tertiary/aromatic N) is 3. The minimum atomic E-state index is -0.194. The SMILES string of the molecule is CC(=Nc1ccc(Cl)cc1)N1C(c2ccc(Cl)cc2)=C(C)N(c2ccc(Br)cc2)C1c1ccc(Cl)cc1. The molecule has 1 atom stereocenters. The molecular formula is C30H23BrCl3N3. The number of hydrogen-bond donors (Lipinski definition) is 0. The van der Waals surface area contributed by atoms with Gasteiger partial charge in [0.1, 0.15) is 12.0 Å². The molecule has 1 heterocycles. The van der Waals surface area contributed by atoms with Crippen LogP contribution < -0.4 is 4.90 Å². The Hall–Kier alpha value is -2.76. The molecule has 1 unspecified atom stereocenters. The third-order valence-corrected chi connectivity index (χ3v) is 7.58. The van der Waals surface area contributed by atoms with Gasteiger partial charge in [-0.25, -0.2) is 4.99 Å². The lowest BCUT2D eigenvalue weighted by molar-refractivity contribution is 0.458. The number of hydrogen-bond acceptors (Lipinski definition) is 2. The number of rotatable bonds is 4. The maximum absolute atomic E-state index is 6.29. The Morgan fingerprint density at radius 3 is 1.81 bits per heavy atom. The van der Waals surface area contributed by atoms with E-state index in [-0.39, 0.29) is 6.17 Å². The van der Waals surface area contributed by atoms with Crippen LogP contribution in [0.3, 0.4) is 0 Å². The molecule has 4 aromatic carbocycles. The second-order valence-electron chi connectivity index (χ2n) is 8.72. The van der Waals surface area contributed by atoms with Crippen molar-refractivity contribution in [2.45, 2.75) is 20.0 Å². The van der Waals surface area contributed by atoms with Crippen molar-refractivity contribution in [1.29, 1.82) is 0 Å². The second kappa shape index (κ2) is 10.9. The number of halogens is 4. The number of allylic oxidation sites excluding steroid dienone is 1. The van der Waals surface area contributed by atoms with E-state index in [2.05, 4.69) is 69.1 Å². The highest BCUT2D eigenvalue weighted by Crippen LogP contribution is 2.47. The minimum absolute atomic E-state index is 0.194. The van der Waals surface area contributed by atoms with Gasteiger partial charge in [-0.1, -0.05) is 75.0 Å². The fraction of sp³-hybridized carbons (Fsp3) is 0.100. The number of anilines is 1. The molecule has 7 heteroatoms. The zero-order valence-electron chi connectivity index (χ0n) is 20.2. The smallest absolute Gasteiger partial charge is 0.138 e. The van der Waals surface area contributed by atoms with Gasteiger partial charge in [-0.05, 0) is 92.2 Å². The summed E-state index contributed by atoms with van der Waals surface area (Å²) in [6.07, 6.45) is -0.194. The molecule has 0 fully saturated rings. The number of amidine groups is 1. The summed E-state index contributed by atoms with van der Waals surface area (Å²) < 4.78 is 1.02. The quantitative estimate of drug-likeness (QED) is 0.169. The molecular weight excluding hydrogens is 589 g/mol. The Labute approximate surface area is 240 Å². The molecule has 1 aliphatic heterocycles. The molecule has 0 saturated carbocycles. The van der Waals surface area contributed by atoms with Gasteiger partial charge in [0.25, 0.3) is 0 Å². The molecule has 0 N–H and O–H groups in total. The first-order valence-electron chi connectivity index (χ1n) is 11.7. The van der Waals surface area contributed by atoms with Gasteiger partial charge in [-0.3, -0.25) is 0 Å². The van der Waals surface area contributed by atoms with Crippen LogP contribution in [0.1, 0.15) is 31.1 Å². The first kappa shape index (κ1) is 25.9. The summed E-state index contributed by atoms with van der Waals surface area (Å²) in [6, 6.07) is 31.8. The highest BCUT2D eigenvalue weighted by atomic mass is 79.9. The maximum atomic E-state index is 6.29. The summed E-state index contributed by atoms with van der Waals surface area (Å²) in [4.78, 5) is 9.62. The fourth-order valence-electron chi connectivity index (χ4n) is 4.63. The molecule has 0 aromatic heterocycles. The van der Waals surface area contributed by atoms with Crippen LogP contribution in [0.5, 0.6) is 0 Å².